The van der Waals surface area contributed by atoms with Crippen molar-refractivity contribution in [1.29, 1.82) is 0 Å². The summed E-state index contributed by atoms with van der Waals surface area (Å²) in [6, 6.07) is 15.5. The fourth-order valence-corrected chi connectivity index (χ4v) is 2.74. The summed E-state index contributed by atoms with van der Waals surface area (Å²) >= 11 is 0. The third-order valence-corrected chi connectivity index (χ3v) is 4.16. The van der Waals surface area contributed by atoms with Crippen molar-refractivity contribution in [2.45, 2.75) is 26.8 Å². The highest BCUT2D eigenvalue weighted by molar-refractivity contribution is 5.93. The van der Waals surface area contributed by atoms with Gasteiger partial charge in [0.2, 0.25) is 0 Å². The van der Waals surface area contributed by atoms with Gasteiger partial charge in [-0.05, 0) is 48.7 Å². The van der Waals surface area contributed by atoms with Crippen molar-refractivity contribution < 1.29 is 4.79 Å². The Labute approximate surface area is 153 Å². The van der Waals surface area contributed by atoms with Crippen LogP contribution in [0.4, 0.5) is 11.4 Å². The molecule has 0 radical (unpaired) electrons. The Morgan fingerprint density at radius 1 is 1.04 bits per heavy atom. The van der Waals surface area contributed by atoms with E-state index in [4.69, 9.17) is 0 Å². The lowest BCUT2D eigenvalue weighted by Gasteiger charge is -2.14. The molecule has 0 bridgehead atoms. The molecular weight excluding hydrogens is 324 g/mol. The number of anilines is 2. The third-order valence-electron chi connectivity index (χ3n) is 4.16. The quantitative estimate of drug-likeness (QED) is 0.707. The Balaban J connectivity index is 1.73. The van der Waals surface area contributed by atoms with Gasteiger partial charge in [-0.2, -0.15) is 0 Å². The number of benzene rings is 1. The van der Waals surface area contributed by atoms with E-state index < -0.39 is 0 Å². The SMILES string of the molecule is CCc1cccc(C)c1Nc1ccnc(C(=O)NCc2ccccn2)c1. The number of hydrogen-bond acceptors (Lipinski definition) is 4. The van der Waals surface area contributed by atoms with E-state index >= 15 is 0 Å². The molecule has 26 heavy (non-hydrogen) atoms. The number of aryl methyl sites for hydroxylation is 2. The zero-order valence-electron chi connectivity index (χ0n) is 15.0. The molecule has 0 unspecified atom stereocenters. The lowest BCUT2D eigenvalue weighted by atomic mass is 10.1. The number of aromatic nitrogens is 2. The number of carbonyl (C=O) groups excluding carboxylic acids is 1. The molecule has 0 atom stereocenters. The van der Waals surface area contributed by atoms with E-state index in [-0.39, 0.29) is 5.91 Å². The van der Waals surface area contributed by atoms with Gasteiger partial charge in [0.25, 0.3) is 5.91 Å². The normalized spacial score (nSPS) is 10.4. The molecule has 1 aromatic carbocycles. The Morgan fingerprint density at radius 3 is 2.69 bits per heavy atom. The third kappa shape index (κ3) is 4.25. The number of nitrogens with one attached hydrogen (secondary N) is 2. The van der Waals surface area contributed by atoms with Crippen molar-refractivity contribution in [3.05, 3.63) is 83.4 Å². The van der Waals surface area contributed by atoms with Crippen LogP contribution in [0.25, 0.3) is 0 Å². The lowest BCUT2D eigenvalue weighted by Crippen LogP contribution is -2.24. The number of carbonyl (C=O) groups is 1. The average molecular weight is 346 g/mol. The van der Waals surface area contributed by atoms with Crippen molar-refractivity contribution in [2.75, 3.05) is 5.32 Å². The minimum absolute atomic E-state index is 0.222. The first-order chi connectivity index (χ1) is 12.7. The van der Waals surface area contributed by atoms with Crippen LogP contribution in [0.15, 0.2) is 60.9 Å². The van der Waals surface area contributed by atoms with Crippen LogP contribution in [0.1, 0.15) is 34.2 Å². The first kappa shape index (κ1) is 17.6. The Bertz CT molecular complexity index is 894. The molecule has 2 N–H and O–H groups in total. The van der Waals surface area contributed by atoms with Gasteiger partial charge in [0, 0.05) is 23.8 Å². The van der Waals surface area contributed by atoms with Crippen LogP contribution < -0.4 is 10.6 Å². The summed E-state index contributed by atoms with van der Waals surface area (Å²) in [5.41, 5.74) is 5.51. The van der Waals surface area contributed by atoms with Crippen molar-refractivity contribution in [3.8, 4) is 0 Å². The van der Waals surface area contributed by atoms with Gasteiger partial charge >= 0.3 is 0 Å². The maximum Gasteiger partial charge on any atom is 0.270 e. The molecule has 132 valence electrons. The molecule has 2 heterocycles. The molecule has 3 aromatic rings. The van der Waals surface area contributed by atoms with Gasteiger partial charge in [-0.1, -0.05) is 31.2 Å². The summed E-state index contributed by atoms with van der Waals surface area (Å²) in [5, 5.41) is 6.28. The van der Waals surface area contributed by atoms with Gasteiger partial charge in [0.05, 0.1) is 12.2 Å². The molecule has 0 aliphatic heterocycles. The van der Waals surface area contributed by atoms with E-state index in [0.717, 1.165) is 23.5 Å². The number of rotatable bonds is 6. The lowest BCUT2D eigenvalue weighted by molar-refractivity contribution is 0.0945. The van der Waals surface area contributed by atoms with Crippen LogP contribution in [0.2, 0.25) is 0 Å². The first-order valence-corrected chi connectivity index (χ1v) is 8.67. The van der Waals surface area contributed by atoms with Crippen LogP contribution in [0.5, 0.6) is 0 Å². The molecule has 5 heteroatoms. The maximum absolute atomic E-state index is 12.4. The smallest absolute Gasteiger partial charge is 0.270 e. The van der Waals surface area contributed by atoms with Crippen LogP contribution in [-0.4, -0.2) is 15.9 Å². The predicted molar refractivity (Wildman–Crippen MR) is 103 cm³/mol. The molecule has 0 spiro atoms. The minimum Gasteiger partial charge on any atom is -0.355 e. The molecule has 3 rings (SSSR count). The fraction of sp³-hybridized carbons (Fsp3) is 0.190. The van der Waals surface area contributed by atoms with Gasteiger partial charge in [-0.25, -0.2) is 0 Å². The Morgan fingerprint density at radius 2 is 1.92 bits per heavy atom. The monoisotopic (exact) mass is 346 g/mol. The highest BCUT2D eigenvalue weighted by Gasteiger charge is 2.10. The van der Waals surface area contributed by atoms with Crippen molar-refractivity contribution in [1.82, 2.24) is 15.3 Å². The fourth-order valence-electron chi connectivity index (χ4n) is 2.74. The van der Waals surface area contributed by atoms with Crippen LogP contribution in [0.3, 0.4) is 0 Å². The molecule has 0 fully saturated rings. The predicted octanol–water partition coefficient (Wildman–Crippen LogP) is 4.02. The van der Waals surface area contributed by atoms with Gasteiger partial charge < -0.3 is 10.6 Å². The standard InChI is InChI=1S/C21H22N4O/c1-3-16-8-6-7-15(2)20(16)25-17-10-12-23-19(13-17)21(26)24-14-18-9-4-5-11-22-18/h4-13H,3,14H2,1-2H3,(H,23,25)(H,24,26). The van der Waals surface area contributed by atoms with E-state index in [1.807, 2.05) is 24.3 Å². The topological polar surface area (TPSA) is 66.9 Å². The maximum atomic E-state index is 12.4. The first-order valence-electron chi connectivity index (χ1n) is 8.67. The summed E-state index contributed by atoms with van der Waals surface area (Å²) in [5.74, 6) is -0.222. The summed E-state index contributed by atoms with van der Waals surface area (Å²) in [6.45, 7) is 4.57. The minimum atomic E-state index is -0.222. The highest BCUT2D eigenvalue weighted by Crippen LogP contribution is 2.25. The second kappa shape index (κ2) is 8.25. The second-order valence-corrected chi connectivity index (χ2v) is 6.02. The van der Waals surface area contributed by atoms with Gasteiger partial charge in [0.1, 0.15) is 5.69 Å². The zero-order valence-corrected chi connectivity index (χ0v) is 15.0. The highest BCUT2D eigenvalue weighted by atomic mass is 16.1. The molecule has 1 amide bonds. The summed E-state index contributed by atoms with van der Waals surface area (Å²) < 4.78 is 0. The molecular formula is C21H22N4O. The van der Waals surface area contributed by atoms with E-state index in [1.54, 1.807) is 18.5 Å². The molecule has 2 aromatic heterocycles. The largest absolute Gasteiger partial charge is 0.355 e. The van der Waals surface area contributed by atoms with Crippen molar-refractivity contribution >= 4 is 17.3 Å². The summed E-state index contributed by atoms with van der Waals surface area (Å²) in [6.07, 6.45) is 4.28. The summed E-state index contributed by atoms with van der Waals surface area (Å²) in [4.78, 5) is 20.8. The van der Waals surface area contributed by atoms with E-state index in [2.05, 4.69) is 52.6 Å². The average Bonchev–Trinajstić information content (AvgIpc) is 2.68. The van der Waals surface area contributed by atoms with E-state index in [0.29, 0.717) is 12.2 Å². The van der Waals surface area contributed by atoms with Crippen LogP contribution in [0, 0.1) is 6.92 Å². The molecule has 5 nitrogen and oxygen atoms in total. The van der Waals surface area contributed by atoms with E-state index in [9.17, 15) is 4.79 Å². The zero-order chi connectivity index (χ0) is 18.4. The van der Waals surface area contributed by atoms with E-state index in [1.165, 1.54) is 11.1 Å². The summed E-state index contributed by atoms with van der Waals surface area (Å²) in [7, 11) is 0. The number of nitrogens with zero attached hydrogens (tertiary/aromatic N) is 2. The number of hydrogen-bond donors (Lipinski definition) is 2. The molecule has 0 aliphatic carbocycles. The number of para-hydroxylation sites is 1. The molecule has 0 saturated heterocycles. The molecule has 0 saturated carbocycles. The number of pyridine rings is 2. The van der Waals surface area contributed by atoms with Gasteiger partial charge in [-0.3, -0.25) is 14.8 Å². The Kier molecular flexibility index (Phi) is 5.59. The second-order valence-electron chi connectivity index (χ2n) is 6.02. The van der Waals surface area contributed by atoms with Gasteiger partial charge in [0.15, 0.2) is 0 Å². The van der Waals surface area contributed by atoms with Crippen LogP contribution >= 0.6 is 0 Å². The van der Waals surface area contributed by atoms with Gasteiger partial charge in [-0.15, -0.1) is 0 Å². The Hall–Kier alpha value is -3.21. The van der Waals surface area contributed by atoms with Crippen molar-refractivity contribution in [3.63, 3.8) is 0 Å². The molecule has 0 aliphatic rings. The van der Waals surface area contributed by atoms with Crippen LogP contribution in [-0.2, 0) is 13.0 Å². The number of amides is 1. The van der Waals surface area contributed by atoms with Crippen molar-refractivity contribution in [2.24, 2.45) is 0 Å².